The Kier molecular flexibility index (Phi) is 3.60. The van der Waals surface area contributed by atoms with Crippen LogP contribution in [-0.2, 0) is 13.7 Å². The molecule has 2 aromatic rings. The quantitative estimate of drug-likeness (QED) is 0.857. The van der Waals surface area contributed by atoms with Gasteiger partial charge in [-0.3, -0.25) is 4.68 Å². The fourth-order valence-electron chi connectivity index (χ4n) is 1.21. The van der Waals surface area contributed by atoms with E-state index in [-0.39, 0.29) is 0 Å². The van der Waals surface area contributed by atoms with Crippen LogP contribution in [0.15, 0.2) is 33.5 Å². The lowest BCUT2D eigenvalue weighted by Crippen LogP contribution is -2.05. The number of benzene rings is 1. The van der Waals surface area contributed by atoms with E-state index in [0.717, 1.165) is 20.5 Å². The minimum absolute atomic E-state index is 0.387. The van der Waals surface area contributed by atoms with Crippen LogP contribution >= 0.6 is 31.9 Å². The monoisotopic (exact) mass is 345 g/mol. The Hall–Kier alpha value is -0.880. The summed E-state index contributed by atoms with van der Waals surface area (Å²) >= 11 is 6.86. The third-order valence-corrected chi connectivity index (χ3v) is 3.32. The zero-order valence-corrected chi connectivity index (χ0v) is 11.7. The van der Waals surface area contributed by atoms with Crippen LogP contribution in [-0.4, -0.2) is 14.8 Å². The maximum atomic E-state index is 5.68. The Morgan fingerprint density at radius 2 is 2.00 bits per heavy atom. The standard InChI is InChI=1S/C10H9Br2N3O/c1-15-9(13-6-14-15)5-16-10-7(11)3-2-4-8(10)12/h2-4,6H,5H2,1H3. The first-order chi connectivity index (χ1) is 7.68. The second-order valence-electron chi connectivity index (χ2n) is 3.14. The van der Waals surface area contributed by atoms with Crippen LogP contribution < -0.4 is 4.74 Å². The first kappa shape index (κ1) is 11.6. The highest BCUT2D eigenvalue weighted by molar-refractivity contribution is 9.11. The van der Waals surface area contributed by atoms with Crippen molar-refractivity contribution in [3.63, 3.8) is 0 Å². The molecule has 0 N–H and O–H groups in total. The normalized spacial score (nSPS) is 10.4. The van der Waals surface area contributed by atoms with Crippen molar-refractivity contribution in [2.45, 2.75) is 6.61 Å². The van der Waals surface area contributed by atoms with Crippen molar-refractivity contribution in [3.8, 4) is 5.75 Å². The van der Waals surface area contributed by atoms with Gasteiger partial charge in [-0.15, -0.1) is 0 Å². The molecule has 4 nitrogen and oxygen atoms in total. The summed E-state index contributed by atoms with van der Waals surface area (Å²) in [6, 6.07) is 5.79. The molecule has 0 spiro atoms. The predicted octanol–water partition coefficient (Wildman–Crippen LogP) is 2.92. The summed E-state index contributed by atoms with van der Waals surface area (Å²) in [6.07, 6.45) is 1.51. The van der Waals surface area contributed by atoms with Gasteiger partial charge in [0.15, 0.2) is 5.82 Å². The van der Waals surface area contributed by atoms with Gasteiger partial charge in [0.25, 0.3) is 0 Å². The van der Waals surface area contributed by atoms with Crippen molar-refractivity contribution in [1.29, 1.82) is 0 Å². The van der Waals surface area contributed by atoms with Crippen molar-refractivity contribution in [2.75, 3.05) is 0 Å². The summed E-state index contributed by atoms with van der Waals surface area (Å²) in [7, 11) is 1.83. The third-order valence-electron chi connectivity index (χ3n) is 2.07. The molecule has 0 saturated heterocycles. The largest absolute Gasteiger partial charge is 0.483 e. The minimum Gasteiger partial charge on any atom is -0.483 e. The van der Waals surface area contributed by atoms with E-state index < -0.39 is 0 Å². The number of hydrogen-bond acceptors (Lipinski definition) is 3. The molecule has 0 unspecified atom stereocenters. The highest BCUT2D eigenvalue weighted by Gasteiger charge is 2.07. The number of aryl methyl sites for hydroxylation is 1. The van der Waals surface area contributed by atoms with Gasteiger partial charge in [0.05, 0.1) is 8.95 Å². The summed E-state index contributed by atoms with van der Waals surface area (Å²) < 4.78 is 9.17. The lowest BCUT2D eigenvalue weighted by atomic mass is 10.3. The molecule has 1 aromatic heterocycles. The topological polar surface area (TPSA) is 39.9 Å². The summed E-state index contributed by atoms with van der Waals surface area (Å²) in [4.78, 5) is 4.09. The molecule has 0 bridgehead atoms. The van der Waals surface area contributed by atoms with Crippen LogP contribution in [0.2, 0.25) is 0 Å². The number of halogens is 2. The molecule has 0 radical (unpaired) electrons. The molecule has 84 valence electrons. The lowest BCUT2D eigenvalue weighted by molar-refractivity contribution is 0.286. The molecule has 0 saturated carbocycles. The molecule has 6 heteroatoms. The van der Waals surface area contributed by atoms with E-state index in [1.807, 2.05) is 25.2 Å². The van der Waals surface area contributed by atoms with E-state index in [9.17, 15) is 0 Å². The van der Waals surface area contributed by atoms with Gasteiger partial charge in [-0.2, -0.15) is 5.10 Å². The van der Waals surface area contributed by atoms with E-state index in [4.69, 9.17) is 4.74 Å². The number of para-hydroxylation sites is 1. The van der Waals surface area contributed by atoms with Gasteiger partial charge in [0.1, 0.15) is 18.7 Å². The maximum absolute atomic E-state index is 5.68. The average Bonchev–Trinajstić information content (AvgIpc) is 2.64. The van der Waals surface area contributed by atoms with E-state index in [1.165, 1.54) is 6.33 Å². The smallest absolute Gasteiger partial charge is 0.164 e. The van der Waals surface area contributed by atoms with Crippen molar-refractivity contribution in [3.05, 3.63) is 39.3 Å². The first-order valence-corrected chi connectivity index (χ1v) is 6.17. The number of hydrogen-bond donors (Lipinski definition) is 0. The van der Waals surface area contributed by atoms with Gasteiger partial charge in [0.2, 0.25) is 0 Å². The Bertz CT molecular complexity index is 478. The molecule has 0 aliphatic carbocycles. The van der Waals surface area contributed by atoms with E-state index in [1.54, 1.807) is 4.68 Å². The van der Waals surface area contributed by atoms with Crippen LogP contribution in [0.25, 0.3) is 0 Å². The molecule has 1 aromatic carbocycles. The Balaban J connectivity index is 2.14. The van der Waals surface area contributed by atoms with Crippen LogP contribution in [0.3, 0.4) is 0 Å². The summed E-state index contributed by atoms with van der Waals surface area (Å²) in [6.45, 7) is 0.387. The van der Waals surface area contributed by atoms with Crippen molar-refractivity contribution >= 4 is 31.9 Å². The molecule has 0 amide bonds. The highest BCUT2D eigenvalue weighted by Crippen LogP contribution is 2.33. The molecule has 16 heavy (non-hydrogen) atoms. The predicted molar refractivity (Wildman–Crippen MR) is 67.2 cm³/mol. The Morgan fingerprint density at radius 1 is 1.31 bits per heavy atom. The summed E-state index contributed by atoms with van der Waals surface area (Å²) in [5.41, 5.74) is 0. The van der Waals surface area contributed by atoms with Crippen LogP contribution in [0, 0.1) is 0 Å². The van der Waals surface area contributed by atoms with Crippen LogP contribution in [0.1, 0.15) is 5.82 Å². The third kappa shape index (κ3) is 2.44. The second kappa shape index (κ2) is 4.97. The first-order valence-electron chi connectivity index (χ1n) is 4.58. The molecule has 0 atom stereocenters. The van der Waals surface area contributed by atoms with Gasteiger partial charge in [-0.05, 0) is 44.0 Å². The minimum atomic E-state index is 0.387. The van der Waals surface area contributed by atoms with Crippen molar-refractivity contribution in [1.82, 2.24) is 14.8 Å². The van der Waals surface area contributed by atoms with E-state index in [0.29, 0.717) is 6.61 Å². The van der Waals surface area contributed by atoms with Gasteiger partial charge >= 0.3 is 0 Å². The molecule has 0 aliphatic heterocycles. The van der Waals surface area contributed by atoms with Gasteiger partial charge in [-0.25, -0.2) is 4.98 Å². The maximum Gasteiger partial charge on any atom is 0.164 e. The van der Waals surface area contributed by atoms with Crippen molar-refractivity contribution < 1.29 is 4.74 Å². The molecule has 2 rings (SSSR count). The average molecular weight is 347 g/mol. The lowest BCUT2D eigenvalue weighted by Gasteiger charge is -2.09. The fraction of sp³-hybridized carbons (Fsp3) is 0.200. The molecular formula is C10H9Br2N3O. The Labute approximate surface area is 110 Å². The fourth-order valence-corrected chi connectivity index (χ4v) is 2.44. The molecule has 1 heterocycles. The summed E-state index contributed by atoms with van der Waals surface area (Å²) in [5.74, 6) is 1.55. The van der Waals surface area contributed by atoms with Crippen LogP contribution in [0.4, 0.5) is 0 Å². The number of aromatic nitrogens is 3. The number of nitrogens with zero attached hydrogens (tertiary/aromatic N) is 3. The van der Waals surface area contributed by atoms with Gasteiger partial charge in [0, 0.05) is 7.05 Å². The van der Waals surface area contributed by atoms with Gasteiger partial charge in [-0.1, -0.05) is 6.07 Å². The molecule has 0 fully saturated rings. The van der Waals surface area contributed by atoms with Crippen molar-refractivity contribution in [2.24, 2.45) is 7.05 Å². The highest BCUT2D eigenvalue weighted by atomic mass is 79.9. The number of rotatable bonds is 3. The van der Waals surface area contributed by atoms with E-state index in [2.05, 4.69) is 41.9 Å². The molecule has 0 aliphatic rings. The number of ether oxygens (including phenoxy) is 1. The molecular weight excluding hydrogens is 338 g/mol. The zero-order valence-electron chi connectivity index (χ0n) is 8.52. The second-order valence-corrected chi connectivity index (χ2v) is 4.85. The summed E-state index contributed by atoms with van der Waals surface area (Å²) in [5, 5.41) is 3.98. The van der Waals surface area contributed by atoms with Crippen LogP contribution in [0.5, 0.6) is 5.75 Å². The Morgan fingerprint density at radius 3 is 2.56 bits per heavy atom. The SMILES string of the molecule is Cn1ncnc1COc1c(Br)cccc1Br. The zero-order chi connectivity index (χ0) is 11.5. The van der Waals surface area contributed by atoms with E-state index >= 15 is 0 Å². The van der Waals surface area contributed by atoms with Gasteiger partial charge < -0.3 is 4.74 Å².